The number of aryl methyl sites for hydroxylation is 1. The third-order valence-corrected chi connectivity index (χ3v) is 7.30. The Morgan fingerprint density at radius 3 is 2.44 bits per heavy atom. The summed E-state index contributed by atoms with van der Waals surface area (Å²) in [6.07, 6.45) is 0.634. The van der Waals surface area contributed by atoms with Crippen molar-refractivity contribution in [2.45, 2.75) is 19.4 Å². The van der Waals surface area contributed by atoms with Crippen LogP contribution < -0.4 is 9.47 Å². The lowest BCUT2D eigenvalue weighted by Crippen LogP contribution is -2.53. The maximum Gasteiger partial charge on any atom is 0.207 e. The van der Waals surface area contributed by atoms with Gasteiger partial charge < -0.3 is 19.7 Å². The van der Waals surface area contributed by atoms with Gasteiger partial charge in [0, 0.05) is 35.3 Å². The molecule has 1 aliphatic heterocycles. The first-order valence-corrected chi connectivity index (χ1v) is 12.6. The first kappa shape index (κ1) is 24.1. The number of halogens is 1. The maximum absolute atomic E-state index is 13.5. The van der Waals surface area contributed by atoms with Crippen LogP contribution in [-0.4, -0.2) is 53.3 Å². The van der Waals surface area contributed by atoms with Gasteiger partial charge in [0.25, 0.3) is 0 Å². The third kappa shape index (κ3) is 5.01. The van der Waals surface area contributed by atoms with Crippen molar-refractivity contribution in [3.8, 4) is 28.7 Å². The minimum atomic E-state index is -0.300. The molecule has 3 aromatic carbocycles. The second-order valence-electron chi connectivity index (χ2n) is 8.88. The van der Waals surface area contributed by atoms with E-state index < -0.39 is 0 Å². The lowest BCUT2D eigenvalue weighted by atomic mass is 10.0. The number of carbonyl (C=O) groups excluding carboxylic acids is 1. The van der Waals surface area contributed by atoms with E-state index in [4.69, 9.17) is 9.47 Å². The fourth-order valence-electron chi connectivity index (χ4n) is 4.30. The molecule has 0 spiro atoms. The lowest BCUT2D eigenvalue weighted by molar-refractivity contribution is 0.0184. The van der Waals surface area contributed by atoms with Crippen molar-refractivity contribution < 1.29 is 28.9 Å². The average molecular weight is 508 g/mol. The van der Waals surface area contributed by atoms with E-state index in [-0.39, 0.29) is 30.1 Å². The number of benzene rings is 3. The van der Waals surface area contributed by atoms with Gasteiger partial charge in [-0.05, 0) is 79.6 Å². The Labute approximate surface area is 212 Å². The fourth-order valence-corrected chi connectivity index (χ4v) is 5.41. The molecule has 6 nitrogen and oxygen atoms in total. The van der Waals surface area contributed by atoms with Gasteiger partial charge in [-0.3, -0.25) is 14.1 Å². The molecule has 1 aromatic heterocycles. The van der Waals surface area contributed by atoms with E-state index in [0.29, 0.717) is 39.7 Å². The van der Waals surface area contributed by atoms with Crippen LogP contribution in [0.5, 0.6) is 28.7 Å². The molecular weight excluding hydrogens is 481 g/mol. The number of ketones is 1. The van der Waals surface area contributed by atoms with E-state index in [1.54, 1.807) is 49.4 Å². The number of phenolic OH excluding ortho intramolecular Hbond substituents is 2. The van der Waals surface area contributed by atoms with Gasteiger partial charge >= 0.3 is 0 Å². The summed E-state index contributed by atoms with van der Waals surface area (Å²) in [5, 5.41) is 20.4. The van der Waals surface area contributed by atoms with Crippen molar-refractivity contribution >= 4 is 27.2 Å². The van der Waals surface area contributed by atoms with Crippen LogP contribution in [0, 0.1) is 6.92 Å². The number of carbonyl (C=O) groups is 1. The van der Waals surface area contributed by atoms with Crippen LogP contribution in [0.4, 0.5) is 4.39 Å². The normalized spacial score (nSPS) is 14.1. The number of ether oxygens (including phenoxy) is 2. The molecule has 36 heavy (non-hydrogen) atoms. The van der Waals surface area contributed by atoms with Gasteiger partial charge in [-0.25, -0.2) is 0 Å². The molecule has 2 heterocycles. The van der Waals surface area contributed by atoms with Gasteiger partial charge in [-0.15, -0.1) is 11.3 Å². The zero-order valence-corrected chi connectivity index (χ0v) is 20.6. The zero-order chi connectivity index (χ0) is 25.2. The Hall–Kier alpha value is -3.62. The number of alkyl halides is 1. The summed E-state index contributed by atoms with van der Waals surface area (Å²) in [5.74, 6) is 1.67. The quantitative estimate of drug-likeness (QED) is 0.268. The molecule has 1 saturated heterocycles. The summed E-state index contributed by atoms with van der Waals surface area (Å²) in [6.45, 7) is 3.79. The molecule has 5 rings (SSSR count). The van der Waals surface area contributed by atoms with Crippen molar-refractivity contribution in [3.63, 3.8) is 0 Å². The first-order chi connectivity index (χ1) is 17.4. The Morgan fingerprint density at radius 1 is 1.03 bits per heavy atom. The summed E-state index contributed by atoms with van der Waals surface area (Å²) in [5.41, 5.74) is 1.13. The molecule has 8 heteroatoms. The van der Waals surface area contributed by atoms with Gasteiger partial charge in [0.1, 0.15) is 34.0 Å². The van der Waals surface area contributed by atoms with E-state index in [0.717, 1.165) is 29.7 Å². The Kier molecular flexibility index (Phi) is 6.80. The summed E-state index contributed by atoms with van der Waals surface area (Å²) >= 11 is 1.25. The summed E-state index contributed by atoms with van der Waals surface area (Å²) < 4.78 is 25.3. The lowest BCUT2D eigenvalue weighted by Gasteiger charge is -2.38. The highest BCUT2D eigenvalue weighted by atomic mass is 32.1. The zero-order valence-electron chi connectivity index (χ0n) is 19.7. The monoisotopic (exact) mass is 507 g/mol. The first-order valence-electron chi connectivity index (χ1n) is 11.7. The number of aromatic hydroxyl groups is 2. The largest absolute Gasteiger partial charge is 0.508 e. The molecule has 0 bridgehead atoms. The van der Waals surface area contributed by atoms with E-state index in [1.165, 1.54) is 17.4 Å². The van der Waals surface area contributed by atoms with Gasteiger partial charge in [0.05, 0.1) is 6.67 Å². The predicted octanol–water partition coefficient (Wildman–Crippen LogP) is 6.07. The molecule has 0 amide bonds. The van der Waals surface area contributed by atoms with Crippen LogP contribution in [0.15, 0.2) is 60.7 Å². The highest BCUT2D eigenvalue weighted by Crippen LogP contribution is 2.43. The molecule has 0 unspecified atom stereocenters. The smallest absolute Gasteiger partial charge is 0.207 e. The molecular formula is C28H26FNO5S. The molecule has 1 fully saturated rings. The summed E-state index contributed by atoms with van der Waals surface area (Å²) in [4.78, 5) is 16.1. The van der Waals surface area contributed by atoms with Gasteiger partial charge in [-0.1, -0.05) is 0 Å². The van der Waals surface area contributed by atoms with Crippen LogP contribution in [0.2, 0.25) is 0 Å². The highest BCUT2D eigenvalue weighted by molar-refractivity contribution is 7.21. The maximum atomic E-state index is 13.5. The molecule has 0 aliphatic carbocycles. The molecule has 186 valence electrons. The summed E-state index contributed by atoms with van der Waals surface area (Å²) in [6, 6.07) is 16.8. The van der Waals surface area contributed by atoms with E-state index in [9.17, 15) is 19.4 Å². The number of rotatable bonds is 9. The Morgan fingerprint density at radius 2 is 1.72 bits per heavy atom. The number of phenols is 2. The van der Waals surface area contributed by atoms with Crippen LogP contribution in [-0.2, 0) is 0 Å². The van der Waals surface area contributed by atoms with Crippen molar-refractivity contribution in [2.75, 3.05) is 26.3 Å². The standard InChI is InChI=1S/C28H26FNO5S/c1-17-13-18(31)3-9-23(17)26(33)28-27(24-10-4-19(32)14-25(24)36-28)35-21-7-5-20(6-8-21)34-22-15-30(16-22)12-2-11-29/h3-10,13-14,22,31-32H,2,11-12,15-16H2,1H3. The van der Waals surface area contributed by atoms with Crippen molar-refractivity contribution in [3.05, 3.63) is 76.7 Å². The van der Waals surface area contributed by atoms with E-state index >= 15 is 0 Å². The molecule has 4 aromatic rings. The SMILES string of the molecule is Cc1cc(O)ccc1C(=O)c1sc2cc(O)ccc2c1Oc1ccc(OC2CN(CCCF)C2)cc1. The third-order valence-electron chi connectivity index (χ3n) is 6.17. The predicted molar refractivity (Wildman–Crippen MR) is 138 cm³/mol. The van der Waals surface area contributed by atoms with Gasteiger partial charge in [0.2, 0.25) is 5.78 Å². The summed E-state index contributed by atoms with van der Waals surface area (Å²) in [7, 11) is 0. The topological polar surface area (TPSA) is 79.2 Å². The van der Waals surface area contributed by atoms with E-state index in [2.05, 4.69) is 4.90 Å². The molecule has 0 atom stereocenters. The number of thiophene rings is 1. The van der Waals surface area contributed by atoms with Crippen LogP contribution in [0.1, 0.15) is 27.2 Å². The van der Waals surface area contributed by atoms with Gasteiger partial charge in [0.15, 0.2) is 5.75 Å². The van der Waals surface area contributed by atoms with Gasteiger partial charge in [-0.2, -0.15) is 0 Å². The average Bonchev–Trinajstić information content (AvgIpc) is 3.18. The number of hydrogen-bond donors (Lipinski definition) is 2. The second-order valence-corrected chi connectivity index (χ2v) is 9.94. The highest BCUT2D eigenvalue weighted by Gasteiger charge is 2.28. The van der Waals surface area contributed by atoms with Crippen LogP contribution in [0.3, 0.4) is 0 Å². The molecule has 0 saturated carbocycles. The Bertz CT molecular complexity index is 1400. The molecule has 1 aliphatic rings. The van der Waals surface area contributed by atoms with Crippen molar-refractivity contribution in [1.29, 1.82) is 0 Å². The minimum absolute atomic E-state index is 0.0858. The Balaban J connectivity index is 1.37. The minimum Gasteiger partial charge on any atom is -0.508 e. The van der Waals surface area contributed by atoms with Crippen LogP contribution in [0.25, 0.3) is 10.1 Å². The van der Waals surface area contributed by atoms with E-state index in [1.807, 2.05) is 12.1 Å². The van der Waals surface area contributed by atoms with Crippen molar-refractivity contribution in [2.24, 2.45) is 0 Å². The number of likely N-dealkylation sites (tertiary alicyclic amines) is 1. The fraction of sp³-hybridized carbons (Fsp3) is 0.250. The number of nitrogens with zero attached hydrogens (tertiary/aromatic N) is 1. The number of hydrogen-bond acceptors (Lipinski definition) is 7. The van der Waals surface area contributed by atoms with Crippen LogP contribution >= 0.6 is 11.3 Å². The molecule has 2 N–H and O–H groups in total. The van der Waals surface area contributed by atoms with Crippen molar-refractivity contribution in [1.82, 2.24) is 4.90 Å². The second kappa shape index (κ2) is 10.2. The molecule has 0 radical (unpaired) electrons. The number of fused-ring (bicyclic) bond motifs is 1.